The summed E-state index contributed by atoms with van der Waals surface area (Å²) in [6, 6.07) is 7.92. The Labute approximate surface area is 129 Å². The third-order valence-electron chi connectivity index (χ3n) is 3.56. The Morgan fingerprint density at radius 1 is 1.14 bits per heavy atom. The summed E-state index contributed by atoms with van der Waals surface area (Å²) in [5, 5.41) is 4.06. The molecule has 1 aliphatic heterocycles. The summed E-state index contributed by atoms with van der Waals surface area (Å²) in [6.07, 6.45) is 4.28. The van der Waals surface area contributed by atoms with Crippen LogP contribution >= 0.6 is 0 Å². The van der Waals surface area contributed by atoms with Gasteiger partial charge in [-0.15, -0.1) is 5.10 Å². The summed E-state index contributed by atoms with van der Waals surface area (Å²) in [7, 11) is 0. The van der Waals surface area contributed by atoms with Crippen LogP contribution in [-0.4, -0.2) is 52.5 Å². The quantitative estimate of drug-likeness (QED) is 0.866. The van der Waals surface area contributed by atoms with E-state index in [1.165, 1.54) is 4.68 Å². The molecule has 4 N–H and O–H groups in total. The molecule has 7 nitrogen and oxygen atoms in total. The van der Waals surface area contributed by atoms with Crippen LogP contribution in [0, 0.1) is 0 Å². The number of hydrogen-bond donors (Lipinski definition) is 2. The summed E-state index contributed by atoms with van der Waals surface area (Å²) in [5.41, 5.74) is 13.3. The average molecular weight is 300 g/mol. The standard InChI is InChI=1S/C15H20N6O/c16-14-18-15(17)21(19-14)13-5-3-12(4-6-13)2-1-7-20-8-10-22-11-9-20/h1-6H,7-11H2,(H4,16,17,18,19). The van der Waals surface area contributed by atoms with Gasteiger partial charge in [-0.05, 0) is 17.7 Å². The number of nitrogen functional groups attached to an aromatic ring is 2. The van der Waals surface area contributed by atoms with Gasteiger partial charge >= 0.3 is 0 Å². The predicted molar refractivity (Wildman–Crippen MR) is 86.5 cm³/mol. The summed E-state index contributed by atoms with van der Waals surface area (Å²) < 4.78 is 6.86. The number of nitrogens with two attached hydrogens (primary N) is 2. The molecule has 0 amide bonds. The zero-order valence-electron chi connectivity index (χ0n) is 12.4. The van der Waals surface area contributed by atoms with E-state index in [1.54, 1.807) is 0 Å². The first-order valence-electron chi connectivity index (χ1n) is 7.27. The van der Waals surface area contributed by atoms with Gasteiger partial charge in [-0.2, -0.15) is 9.67 Å². The fraction of sp³-hybridized carbons (Fsp3) is 0.333. The van der Waals surface area contributed by atoms with Gasteiger partial charge in [0.2, 0.25) is 11.9 Å². The Kier molecular flexibility index (Phi) is 4.36. The lowest BCUT2D eigenvalue weighted by Crippen LogP contribution is -2.36. The van der Waals surface area contributed by atoms with Crippen LogP contribution in [0.1, 0.15) is 5.56 Å². The van der Waals surface area contributed by atoms with Crippen molar-refractivity contribution in [3.8, 4) is 5.69 Å². The molecule has 1 saturated heterocycles. The van der Waals surface area contributed by atoms with Crippen LogP contribution < -0.4 is 11.5 Å². The highest BCUT2D eigenvalue weighted by molar-refractivity contribution is 5.52. The van der Waals surface area contributed by atoms with E-state index < -0.39 is 0 Å². The molecule has 1 aromatic heterocycles. The van der Waals surface area contributed by atoms with Crippen LogP contribution in [0.3, 0.4) is 0 Å². The van der Waals surface area contributed by atoms with Crippen LogP contribution in [0.5, 0.6) is 0 Å². The van der Waals surface area contributed by atoms with Crippen molar-refractivity contribution < 1.29 is 4.74 Å². The van der Waals surface area contributed by atoms with Crippen LogP contribution in [0.4, 0.5) is 11.9 Å². The molecule has 0 aliphatic carbocycles. The molecule has 2 heterocycles. The number of rotatable bonds is 4. The summed E-state index contributed by atoms with van der Waals surface area (Å²) in [5.74, 6) is 0.458. The number of benzene rings is 1. The van der Waals surface area contributed by atoms with Gasteiger partial charge in [-0.1, -0.05) is 24.3 Å². The average Bonchev–Trinajstić information content (AvgIpc) is 2.88. The zero-order chi connectivity index (χ0) is 15.4. The molecule has 22 heavy (non-hydrogen) atoms. The topological polar surface area (TPSA) is 95.2 Å². The molecule has 0 radical (unpaired) electrons. The fourth-order valence-electron chi connectivity index (χ4n) is 2.38. The maximum atomic E-state index is 5.75. The van der Waals surface area contributed by atoms with Crippen molar-refractivity contribution in [2.24, 2.45) is 0 Å². The lowest BCUT2D eigenvalue weighted by Gasteiger charge is -2.25. The lowest BCUT2D eigenvalue weighted by molar-refractivity contribution is 0.0435. The van der Waals surface area contributed by atoms with Crippen molar-refractivity contribution in [2.45, 2.75) is 0 Å². The molecule has 116 valence electrons. The number of anilines is 2. The van der Waals surface area contributed by atoms with Gasteiger partial charge < -0.3 is 16.2 Å². The molecule has 0 spiro atoms. The molecule has 1 aliphatic rings. The molecule has 1 aromatic carbocycles. The molecule has 0 atom stereocenters. The molecule has 0 unspecified atom stereocenters. The van der Waals surface area contributed by atoms with Crippen molar-refractivity contribution in [3.63, 3.8) is 0 Å². The highest BCUT2D eigenvalue weighted by Gasteiger charge is 2.08. The first-order chi connectivity index (χ1) is 10.7. The van der Waals surface area contributed by atoms with Gasteiger partial charge in [0.1, 0.15) is 0 Å². The van der Waals surface area contributed by atoms with E-state index in [1.807, 2.05) is 24.3 Å². The number of ether oxygens (including phenoxy) is 1. The van der Waals surface area contributed by atoms with E-state index in [4.69, 9.17) is 16.2 Å². The first kappa shape index (κ1) is 14.6. The van der Waals surface area contributed by atoms with Gasteiger partial charge in [0.25, 0.3) is 0 Å². The van der Waals surface area contributed by atoms with Crippen LogP contribution in [0.25, 0.3) is 11.8 Å². The molecule has 1 fully saturated rings. The van der Waals surface area contributed by atoms with Gasteiger partial charge in [0, 0.05) is 19.6 Å². The minimum Gasteiger partial charge on any atom is -0.379 e. The monoisotopic (exact) mass is 300 g/mol. The smallest absolute Gasteiger partial charge is 0.241 e. The largest absolute Gasteiger partial charge is 0.379 e. The Hall–Kier alpha value is -2.38. The van der Waals surface area contributed by atoms with E-state index in [-0.39, 0.29) is 11.9 Å². The predicted octanol–water partition coefficient (Wildman–Crippen LogP) is 0.777. The van der Waals surface area contributed by atoms with E-state index in [0.717, 1.165) is 44.1 Å². The maximum Gasteiger partial charge on any atom is 0.241 e. The lowest BCUT2D eigenvalue weighted by atomic mass is 10.2. The zero-order valence-corrected chi connectivity index (χ0v) is 12.4. The van der Waals surface area contributed by atoms with Crippen LogP contribution in [0.2, 0.25) is 0 Å². The minimum atomic E-state index is 0.173. The number of hydrogen-bond acceptors (Lipinski definition) is 6. The summed E-state index contributed by atoms with van der Waals surface area (Å²) >= 11 is 0. The highest BCUT2D eigenvalue weighted by atomic mass is 16.5. The SMILES string of the molecule is Nc1nc(N)n(-c2ccc(C=CCN3CCOCC3)cc2)n1. The van der Waals surface area contributed by atoms with E-state index in [9.17, 15) is 0 Å². The Bertz CT molecular complexity index is 643. The molecule has 7 heteroatoms. The van der Waals surface area contributed by atoms with E-state index in [2.05, 4.69) is 27.1 Å². The molecule has 3 rings (SSSR count). The third kappa shape index (κ3) is 3.44. The normalized spacial score (nSPS) is 16.4. The van der Waals surface area contributed by atoms with E-state index >= 15 is 0 Å². The molecule has 2 aromatic rings. The van der Waals surface area contributed by atoms with E-state index in [0.29, 0.717) is 0 Å². The minimum absolute atomic E-state index is 0.173. The Morgan fingerprint density at radius 3 is 2.50 bits per heavy atom. The number of nitrogens with zero attached hydrogens (tertiary/aromatic N) is 4. The molecular weight excluding hydrogens is 280 g/mol. The Balaban J connectivity index is 1.62. The number of morpholine rings is 1. The molecular formula is C15H20N6O. The fourth-order valence-corrected chi connectivity index (χ4v) is 2.38. The van der Waals surface area contributed by atoms with Crippen LogP contribution in [-0.2, 0) is 4.74 Å². The maximum absolute atomic E-state index is 5.75. The summed E-state index contributed by atoms with van der Waals surface area (Å²) in [6.45, 7) is 4.58. The summed E-state index contributed by atoms with van der Waals surface area (Å²) in [4.78, 5) is 6.26. The second-order valence-electron chi connectivity index (χ2n) is 5.15. The van der Waals surface area contributed by atoms with Gasteiger partial charge in [-0.25, -0.2) is 0 Å². The van der Waals surface area contributed by atoms with Crippen molar-refractivity contribution >= 4 is 18.0 Å². The second-order valence-corrected chi connectivity index (χ2v) is 5.15. The van der Waals surface area contributed by atoms with Crippen LogP contribution in [0.15, 0.2) is 30.3 Å². The second kappa shape index (κ2) is 6.59. The van der Waals surface area contributed by atoms with Crippen molar-refractivity contribution in [3.05, 3.63) is 35.9 Å². The van der Waals surface area contributed by atoms with Crippen molar-refractivity contribution in [2.75, 3.05) is 44.3 Å². The van der Waals surface area contributed by atoms with Crippen molar-refractivity contribution in [1.82, 2.24) is 19.7 Å². The van der Waals surface area contributed by atoms with Crippen molar-refractivity contribution in [1.29, 1.82) is 0 Å². The third-order valence-corrected chi connectivity index (χ3v) is 3.56. The molecule has 0 saturated carbocycles. The van der Waals surface area contributed by atoms with Gasteiger partial charge in [0.05, 0.1) is 18.9 Å². The van der Waals surface area contributed by atoms with Gasteiger partial charge in [-0.3, -0.25) is 4.90 Å². The number of aromatic nitrogens is 3. The Morgan fingerprint density at radius 2 is 1.86 bits per heavy atom. The molecule has 0 bridgehead atoms. The highest BCUT2D eigenvalue weighted by Crippen LogP contribution is 2.14. The first-order valence-corrected chi connectivity index (χ1v) is 7.27. The van der Waals surface area contributed by atoms with Gasteiger partial charge in [0.15, 0.2) is 0 Å².